The standard InChI is InChI=1S/C63H44N4/c1-5-17-50(18-6-1)65(51-19-7-2-8-20-51)54-39-33-46(34-40-54)45-29-31-49(32-30-45)63-64-61-59-27-15-13-25-57(59)58-26-14-16-28-60(58)62(61)67(63)56-43-37-48(38-44-56)47-35-41-55(42-36-47)66(52-21-9-3-10-22-52)53-23-11-4-12-24-53/h1-44H. The molecule has 11 aromatic carbocycles. The molecular formula is C63H44N4. The van der Waals surface area contributed by atoms with E-state index in [9.17, 15) is 0 Å². The van der Waals surface area contributed by atoms with Crippen LogP contribution in [0.15, 0.2) is 267 Å². The lowest BCUT2D eigenvalue weighted by Gasteiger charge is -2.25. The quantitative estimate of drug-likeness (QED) is 0.128. The molecular weight excluding hydrogens is 813 g/mol. The van der Waals surface area contributed by atoms with E-state index in [0.717, 1.165) is 89.9 Å². The molecule has 0 amide bonds. The fourth-order valence-corrected chi connectivity index (χ4v) is 9.57. The SMILES string of the molecule is c1ccc(N(c2ccccc2)c2ccc(-c3ccc(-c4nc5c6ccccc6c6ccccc6c5n4-c4ccc(-c5ccc(N(c6ccccc6)c6ccccc6)cc5)cc4)cc3)cc2)cc1. The molecule has 0 saturated carbocycles. The smallest absolute Gasteiger partial charge is 0.145 e. The average Bonchev–Trinajstić information content (AvgIpc) is 3.82. The molecule has 0 atom stereocenters. The van der Waals surface area contributed by atoms with Gasteiger partial charge >= 0.3 is 0 Å². The number of imidazole rings is 1. The van der Waals surface area contributed by atoms with Crippen LogP contribution in [0.2, 0.25) is 0 Å². The Morgan fingerprint density at radius 2 is 0.552 bits per heavy atom. The summed E-state index contributed by atoms with van der Waals surface area (Å²) in [5.74, 6) is 0.902. The Labute approximate surface area is 390 Å². The van der Waals surface area contributed by atoms with Gasteiger partial charge < -0.3 is 9.80 Å². The van der Waals surface area contributed by atoms with E-state index >= 15 is 0 Å². The van der Waals surface area contributed by atoms with Gasteiger partial charge in [-0.15, -0.1) is 0 Å². The molecule has 0 saturated heterocycles. The molecule has 4 nitrogen and oxygen atoms in total. The summed E-state index contributed by atoms with van der Waals surface area (Å²) in [5, 5.41) is 4.74. The molecule has 12 aromatic rings. The van der Waals surface area contributed by atoms with Gasteiger partial charge in [-0.1, -0.05) is 182 Å². The van der Waals surface area contributed by atoms with Crippen LogP contribution in [-0.4, -0.2) is 9.55 Å². The summed E-state index contributed by atoms with van der Waals surface area (Å²) < 4.78 is 2.36. The molecule has 0 N–H and O–H groups in total. The Kier molecular flexibility index (Phi) is 10.2. The number of fused-ring (bicyclic) bond motifs is 6. The summed E-state index contributed by atoms with van der Waals surface area (Å²) >= 11 is 0. The van der Waals surface area contributed by atoms with Gasteiger partial charge in [0, 0.05) is 56.1 Å². The van der Waals surface area contributed by atoms with E-state index in [-0.39, 0.29) is 0 Å². The highest BCUT2D eigenvalue weighted by Crippen LogP contribution is 2.41. The first-order valence-electron chi connectivity index (χ1n) is 22.8. The summed E-state index contributed by atoms with van der Waals surface area (Å²) in [6, 6.07) is 95.1. The van der Waals surface area contributed by atoms with Crippen LogP contribution in [0.25, 0.3) is 71.9 Å². The van der Waals surface area contributed by atoms with Crippen LogP contribution >= 0.6 is 0 Å². The molecule has 316 valence electrons. The van der Waals surface area contributed by atoms with Gasteiger partial charge in [-0.05, 0) is 118 Å². The van der Waals surface area contributed by atoms with Crippen LogP contribution in [0.3, 0.4) is 0 Å². The molecule has 0 aliphatic rings. The highest BCUT2D eigenvalue weighted by atomic mass is 15.1. The Morgan fingerprint density at radius 3 is 0.970 bits per heavy atom. The summed E-state index contributed by atoms with van der Waals surface area (Å²) in [5.41, 5.74) is 15.5. The van der Waals surface area contributed by atoms with Crippen molar-refractivity contribution in [2.75, 3.05) is 9.80 Å². The number of hydrogen-bond donors (Lipinski definition) is 0. The molecule has 0 bridgehead atoms. The molecule has 0 radical (unpaired) electrons. The Morgan fingerprint density at radius 1 is 0.254 bits per heavy atom. The van der Waals surface area contributed by atoms with E-state index < -0.39 is 0 Å². The lowest BCUT2D eigenvalue weighted by Crippen LogP contribution is -2.09. The number of aromatic nitrogens is 2. The van der Waals surface area contributed by atoms with Gasteiger partial charge in [0.05, 0.1) is 11.0 Å². The number of nitrogens with zero attached hydrogens (tertiary/aromatic N) is 4. The molecule has 4 heteroatoms. The summed E-state index contributed by atoms with van der Waals surface area (Å²) in [4.78, 5) is 10.1. The molecule has 12 rings (SSSR count). The summed E-state index contributed by atoms with van der Waals surface area (Å²) in [6.45, 7) is 0. The zero-order valence-corrected chi connectivity index (χ0v) is 36.7. The maximum Gasteiger partial charge on any atom is 0.145 e. The second-order valence-electron chi connectivity index (χ2n) is 16.8. The molecule has 67 heavy (non-hydrogen) atoms. The van der Waals surface area contributed by atoms with E-state index in [1.54, 1.807) is 0 Å². The van der Waals surface area contributed by atoms with Crippen LogP contribution < -0.4 is 9.80 Å². The van der Waals surface area contributed by atoms with E-state index in [4.69, 9.17) is 4.98 Å². The van der Waals surface area contributed by atoms with Crippen molar-refractivity contribution in [3.8, 4) is 39.3 Å². The Bertz CT molecular complexity index is 3550. The van der Waals surface area contributed by atoms with Crippen molar-refractivity contribution < 1.29 is 0 Å². The number of benzene rings is 11. The molecule has 0 aliphatic heterocycles. The predicted molar refractivity (Wildman–Crippen MR) is 282 cm³/mol. The third-order valence-corrected chi connectivity index (χ3v) is 12.8. The fourth-order valence-electron chi connectivity index (χ4n) is 9.57. The average molecular weight is 857 g/mol. The van der Waals surface area contributed by atoms with Gasteiger partial charge in [0.2, 0.25) is 0 Å². The van der Waals surface area contributed by atoms with Crippen LogP contribution in [0.1, 0.15) is 0 Å². The lowest BCUT2D eigenvalue weighted by molar-refractivity contribution is 1.11. The van der Waals surface area contributed by atoms with Gasteiger partial charge in [0.1, 0.15) is 5.82 Å². The number of anilines is 6. The molecule has 1 heterocycles. The van der Waals surface area contributed by atoms with Crippen LogP contribution in [0.5, 0.6) is 0 Å². The predicted octanol–water partition coefficient (Wildman–Crippen LogP) is 17.3. The molecule has 0 fully saturated rings. The van der Waals surface area contributed by atoms with Crippen LogP contribution in [-0.2, 0) is 0 Å². The zero-order chi connectivity index (χ0) is 44.5. The summed E-state index contributed by atoms with van der Waals surface area (Å²) in [6.07, 6.45) is 0. The maximum absolute atomic E-state index is 5.54. The van der Waals surface area contributed by atoms with Gasteiger partial charge in [-0.3, -0.25) is 4.57 Å². The van der Waals surface area contributed by atoms with Gasteiger partial charge in [-0.2, -0.15) is 0 Å². The summed E-state index contributed by atoms with van der Waals surface area (Å²) in [7, 11) is 0. The number of hydrogen-bond acceptors (Lipinski definition) is 3. The Hall–Kier alpha value is -8.99. The van der Waals surface area contributed by atoms with Crippen molar-refractivity contribution in [1.82, 2.24) is 9.55 Å². The van der Waals surface area contributed by atoms with Crippen molar-refractivity contribution in [3.63, 3.8) is 0 Å². The first-order chi connectivity index (χ1) is 33.2. The second-order valence-corrected chi connectivity index (χ2v) is 16.8. The van der Waals surface area contributed by atoms with Gasteiger partial charge in [0.25, 0.3) is 0 Å². The third kappa shape index (κ3) is 7.37. The zero-order valence-electron chi connectivity index (χ0n) is 36.7. The first kappa shape index (κ1) is 39.6. The van der Waals surface area contributed by atoms with E-state index in [0.29, 0.717) is 0 Å². The highest BCUT2D eigenvalue weighted by molar-refractivity contribution is 6.24. The lowest BCUT2D eigenvalue weighted by atomic mass is 9.99. The van der Waals surface area contributed by atoms with Crippen molar-refractivity contribution in [3.05, 3.63) is 267 Å². The van der Waals surface area contributed by atoms with Crippen LogP contribution in [0.4, 0.5) is 34.1 Å². The maximum atomic E-state index is 5.54. The van der Waals surface area contributed by atoms with Gasteiger partial charge in [0.15, 0.2) is 0 Å². The van der Waals surface area contributed by atoms with Gasteiger partial charge in [-0.25, -0.2) is 4.98 Å². The van der Waals surface area contributed by atoms with Crippen molar-refractivity contribution >= 4 is 66.7 Å². The van der Waals surface area contributed by atoms with Crippen LogP contribution in [0, 0.1) is 0 Å². The van der Waals surface area contributed by atoms with E-state index in [1.165, 1.54) is 16.2 Å². The molecule has 0 aliphatic carbocycles. The normalized spacial score (nSPS) is 11.3. The minimum atomic E-state index is 0.902. The third-order valence-electron chi connectivity index (χ3n) is 12.8. The molecule has 0 unspecified atom stereocenters. The Balaban J connectivity index is 0.919. The van der Waals surface area contributed by atoms with Crippen molar-refractivity contribution in [1.29, 1.82) is 0 Å². The molecule has 1 aromatic heterocycles. The number of para-hydroxylation sites is 4. The second kappa shape index (κ2) is 17.2. The fraction of sp³-hybridized carbons (Fsp3) is 0. The van der Waals surface area contributed by atoms with Crippen molar-refractivity contribution in [2.45, 2.75) is 0 Å². The van der Waals surface area contributed by atoms with Crippen molar-refractivity contribution in [2.24, 2.45) is 0 Å². The highest BCUT2D eigenvalue weighted by Gasteiger charge is 2.21. The first-order valence-corrected chi connectivity index (χ1v) is 22.8. The molecule has 0 spiro atoms. The monoisotopic (exact) mass is 856 g/mol. The largest absolute Gasteiger partial charge is 0.311 e. The minimum absolute atomic E-state index is 0.902. The minimum Gasteiger partial charge on any atom is -0.311 e. The van der Waals surface area contributed by atoms with E-state index in [2.05, 4.69) is 281 Å². The topological polar surface area (TPSA) is 24.3 Å². The van der Waals surface area contributed by atoms with E-state index in [1.807, 2.05) is 0 Å². The number of rotatable bonds is 10.